The van der Waals surface area contributed by atoms with Crippen LogP contribution in [0.15, 0.2) is 24.3 Å². The maximum Gasteiger partial charge on any atom is 0.118 e. The second-order valence-corrected chi connectivity index (χ2v) is 4.93. The standard InChI is InChI=1S/C14H21NO/c1-10-9-13(10)14(15)8-5-11-3-6-12(16-2)7-4-11/h3-4,6-7,10,13-14H,5,8-9,15H2,1-2H3. The van der Waals surface area contributed by atoms with E-state index in [-0.39, 0.29) is 0 Å². The highest BCUT2D eigenvalue weighted by atomic mass is 16.5. The van der Waals surface area contributed by atoms with Crippen LogP contribution in [-0.4, -0.2) is 13.2 Å². The van der Waals surface area contributed by atoms with E-state index < -0.39 is 0 Å². The molecule has 3 unspecified atom stereocenters. The highest BCUT2D eigenvalue weighted by molar-refractivity contribution is 5.27. The predicted octanol–water partition coefficient (Wildman–Crippen LogP) is 2.61. The van der Waals surface area contributed by atoms with E-state index in [9.17, 15) is 0 Å². The molecule has 0 spiro atoms. The summed E-state index contributed by atoms with van der Waals surface area (Å²) in [6.45, 7) is 2.29. The van der Waals surface area contributed by atoms with E-state index in [1.54, 1.807) is 7.11 Å². The van der Waals surface area contributed by atoms with Gasteiger partial charge in [-0.3, -0.25) is 0 Å². The molecule has 0 heterocycles. The summed E-state index contributed by atoms with van der Waals surface area (Å²) in [6, 6.07) is 8.67. The zero-order valence-electron chi connectivity index (χ0n) is 10.1. The number of hydrogen-bond donors (Lipinski definition) is 1. The number of hydrogen-bond acceptors (Lipinski definition) is 2. The molecule has 0 bridgehead atoms. The molecular formula is C14H21NO. The summed E-state index contributed by atoms with van der Waals surface area (Å²) in [5, 5.41) is 0. The molecule has 1 fully saturated rings. The van der Waals surface area contributed by atoms with Crippen molar-refractivity contribution in [1.82, 2.24) is 0 Å². The van der Waals surface area contributed by atoms with Crippen LogP contribution in [-0.2, 0) is 6.42 Å². The Morgan fingerprint density at radius 3 is 2.50 bits per heavy atom. The van der Waals surface area contributed by atoms with E-state index in [1.165, 1.54) is 12.0 Å². The van der Waals surface area contributed by atoms with Gasteiger partial charge in [0.1, 0.15) is 5.75 Å². The Bertz CT molecular complexity index is 333. The molecular weight excluding hydrogens is 198 g/mol. The summed E-state index contributed by atoms with van der Waals surface area (Å²) in [5.74, 6) is 2.55. The minimum atomic E-state index is 0.386. The average molecular weight is 219 g/mol. The SMILES string of the molecule is COc1ccc(CCC(N)C2CC2C)cc1. The highest BCUT2D eigenvalue weighted by Gasteiger charge is 2.36. The molecule has 0 amide bonds. The third-order valence-corrected chi connectivity index (χ3v) is 3.65. The van der Waals surface area contributed by atoms with Crippen molar-refractivity contribution in [2.24, 2.45) is 17.6 Å². The van der Waals surface area contributed by atoms with Crippen LogP contribution in [0, 0.1) is 11.8 Å². The van der Waals surface area contributed by atoms with Crippen molar-refractivity contribution in [2.75, 3.05) is 7.11 Å². The van der Waals surface area contributed by atoms with Gasteiger partial charge in [-0.25, -0.2) is 0 Å². The molecule has 2 N–H and O–H groups in total. The maximum atomic E-state index is 6.15. The molecule has 16 heavy (non-hydrogen) atoms. The second kappa shape index (κ2) is 4.88. The Balaban J connectivity index is 1.80. The van der Waals surface area contributed by atoms with Crippen LogP contribution in [0.2, 0.25) is 0 Å². The van der Waals surface area contributed by atoms with Gasteiger partial charge in [-0.1, -0.05) is 19.1 Å². The molecule has 88 valence electrons. The quantitative estimate of drug-likeness (QED) is 0.826. The summed E-state index contributed by atoms with van der Waals surface area (Å²) >= 11 is 0. The second-order valence-electron chi connectivity index (χ2n) is 4.93. The van der Waals surface area contributed by atoms with Gasteiger partial charge < -0.3 is 10.5 Å². The molecule has 3 atom stereocenters. The average Bonchev–Trinajstić information content (AvgIpc) is 3.04. The number of aryl methyl sites for hydroxylation is 1. The van der Waals surface area contributed by atoms with Crippen molar-refractivity contribution in [3.63, 3.8) is 0 Å². The summed E-state index contributed by atoms with van der Waals surface area (Å²) in [5.41, 5.74) is 7.50. The lowest BCUT2D eigenvalue weighted by atomic mass is 10.0. The first kappa shape index (κ1) is 11.5. The first-order valence-corrected chi connectivity index (χ1v) is 6.09. The molecule has 0 radical (unpaired) electrons. The zero-order chi connectivity index (χ0) is 11.5. The van der Waals surface area contributed by atoms with Gasteiger partial charge in [0.2, 0.25) is 0 Å². The van der Waals surface area contributed by atoms with E-state index in [4.69, 9.17) is 10.5 Å². The largest absolute Gasteiger partial charge is 0.497 e. The van der Waals surface area contributed by atoms with Crippen LogP contribution in [0.3, 0.4) is 0 Å². The van der Waals surface area contributed by atoms with Gasteiger partial charge in [0.25, 0.3) is 0 Å². The van der Waals surface area contributed by atoms with Crippen LogP contribution in [0.1, 0.15) is 25.3 Å². The van der Waals surface area contributed by atoms with Gasteiger partial charge in [-0.2, -0.15) is 0 Å². The van der Waals surface area contributed by atoms with Crippen LogP contribution in [0.4, 0.5) is 0 Å². The van der Waals surface area contributed by atoms with Gasteiger partial charge >= 0.3 is 0 Å². The normalized spacial score (nSPS) is 25.2. The number of methoxy groups -OCH3 is 1. The number of nitrogens with two attached hydrogens (primary N) is 1. The summed E-state index contributed by atoms with van der Waals surface area (Å²) in [6.07, 6.45) is 3.50. The summed E-state index contributed by atoms with van der Waals surface area (Å²) < 4.78 is 5.13. The fraction of sp³-hybridized carbons (Fsp3) is 0.571. The van der Waals surface area contributed by atoms with Crippen LogP contribution >= 0.6 is 0 Å². The van der Waals surface area contributed by atoms with Crippen molar-refractivity contribution in [1.29, 1.82) is 0 Å². The molecule has 0 aromatic heterocycles. The minimum Gasteiger partial charge on any atom is -0.497 e. The molecule has 1 saturated carbocycles. The Morgan fingerprint density at radius 1 is 1.38 bits per heavy atom. The third-order valence-electron chi connectivity index (χ3n) is 3.65. The third kappa shape index (κ3) is 2.76. The zero-order valence-corrected chi connectivity index (χ0v) is 10.1. The molecule has 0 aliphatic heterocycles. The number of benzene rings is 1. The summed E-state index contributed by atoms with van der Waals surface area (Å²) in [7, 11) is 1.69. The Labute approximate surface area is 97.8 Å². The van der Waals surface area contributed by atoms with E-state index >= 15 is 0 Å². The molecule has 0 saturated heterocycles. The van der Waals surface area contributed by atoms with Crippen LogP contribution in [0.5, 0.6) is 5.75 Å². The summed E-state index contributed by atoms with van der Waals surface area (Å²) in [4.78, 5) is 0. The molecule has 1 aliphatic carbocycles. The molecule has 1 aromatic rings. The Kier molecular flexibility index (Phi) is 3.49. The molecule has 2 heteroatoms. The molecule has 1 aromatic carbocycles. The fourth-order valence-electron chi connectivity index (χ4n) is 2.29. The number of rotatable bonds is 5. The molecule has 1 aliphatic rings. The van der Waals surface area contributed by atoms with Crippen molar-refractivity contribution in [3.8, 4) is 5.75 Å². The van der Waals surface area contributed by atoms with E-state index in [2.05, 4.69) is 19.1 Å². The van der Waals surface area contributed by atoms with Crippen molar-refractivity contribution in [3.05, 3.63) is 29.8 Å². The van der Waals surface area contributed by atoms with Crippen molar-refractivity contribution in [2.45, 2.75) is 32.2 Å². The van der Waals surface area contributed by atoms with E-state index in [0.29, 0.717) is 6.04 Å². The first-order valence-electron chi connectivity index (χ1n) is 6.09. The van der Waals surface area contributed by atoms with Crippen molar-refractivity contribution >= 4 is 0 Å². The van der Waals surface area contributed by atoms with Gasteiger partial charge in [-0.05, 0) is 48.8 Å². The Hall–Kier alpha value is -1.02. The lowest BCUT2D eigenvalue weighted by Crippen LogP contribution is -2.23. The Morgan fingerprint density at radius 2 is 2.00 bits per heavy atom. The van der Waals surface area contributed by atoms with E-state index in [0.717, 1.165) is 30.4 Å². The van der Waals surface area contributed by atoms with Gasteiger partial charge in [-0.15, -0.1) is 0 Å². The highest BCUT2D eigenvalue weighted by Crippen LogP contribution is 2.40. The van der Waals surface area contributed by atoms with Gasteiger partial charge in [0.15, 0.2) is 0 Å². The smallest absolute Gasteiger partial charge is 0.118 e. The van der Waals surface area contributed by atoms with Gasteiger partial charge in [0.05, 0.1) is 7.11 Å². The lowest BCUT2D eigenvalue weighted by Gasteiger charge is -2.10. The lowest BCUT2D eigenvalue weighted by molar-refractivity contribution is 0.414. The molecule has 2 nitrogen and oxygen atoms in total. The minimum absolute atomic E-state index is 0.386. The van der Waals surface area contributed by atoms with Gasteiger partial charge in [0, 0.05) is 6.04 Å². The maximum absolute atomic E-state index is 6.15. The van der Waals surface area contributed by atoms with E-state index in [1.807, 2.05) is 12.1 Å². The van der Waals surface area contributed by atoms with Crippen LogP contribution < -0.4 is 10.5 Å². The predicted molar refractivity (Wildman–Crippen MR) is 66.6 cm³/mol. The first-order chi connectivity index (χ1) is 7.70. The van der Waals surface area contributed by atoms with Crippen molar-refractivity contribution < 1.29 is 4.74 Å². The number of ether oxygens (including phenoxy) is 1. The fourth-order valence-corrected chi connectivity index (χ4v) is 2.29. The molecule has 2 rings (SSSR count). The van der Waals surface area contributed by atoms with Crippen LogP contribution in [0.25, 0.3) is 0 Å². The topological polar surface area (TPSA) is 35.2 Å². The monoisotopic (exact) mass is 219 g/mol.